The van der Waals surface area contributed by atoms with Gasteiger partial charge in [0.05, 0.1) is 25.8 Å². The third-order valence-corrected chi connectivity index (χ3v) is 3.45. The second kappa shape index (κ2) is 8.70. The number of halogens is 3. The monoisotopic (exact) mass is 370 g/mol. The summed E-state index contributed by atoms with van der Waals surface area (Å²) in [7, 11) is 0. The molecule has 0 aromatic carbocycles. The molecule has 146 valence electrons. The van der Waals surface area contributed by atoms with Gasteiger partial charge in [0, 0.05) is 6.54 Å². The molecule has 25 heavy (non-hydrogen) atoms. The van der Waals surface area contributed by atoms with Gasteiger partial charge >= 0.3 is 18.2 Å². The Morgan fingerprint density at radius 1 is 1.32 bits per heavy atom. The maximum absolute atomic E-state index is 12.2. The fraction of sp³-hybridized carbons (Fsp3) is 0.867. The predicted molar refractivity (Wildman–Crippen MR) is 82.3 cm³/mol. The SMILES string of the molecule is CC(C)(C)OC(=O)N1CCC[C@@H]1COC[C@H](NCC(F)(F)F)C(=O)O. The van der Waals surface area contributed by atoms with Crippen molar-refractivity contribution in [1.82, 2.24) is 10.2 Å². The van der Waals surface area contributed by atoms with Gasteiger partial charge in [-0.1, -0.05) is 0 Å². The molecule has 2 N–H and O–H groups in total. The summed E-state index contributed by atoms with van der Waals surface area (Å²) in [5.41, 5.74) is -0.638. The van der Waals surface area contributed by atoms with Crippen molar-refractivity contribution in [3.63, 3.8) is 0 Å². The third-order valence-electron chi connectivity index (χ3n) is 3.45. The van der Waals surface area contributed by atoms with E-state index >= 15 is 0 Å². The van der Waals surface area contributed by atoms with Crippen molar-refractivity contribution in [2.75, 3.05) is 26.3 Å². The van der Waals surface area contributed by atoms with Crippen LogP contribution >= 0.6 is 0 Å². The quantitative estimate of drug-likeness (QED) is 0.713. The van der Waals surface area contributed by atoms with E-state index in [4.69, 9.17) is 14.6 Å². The second-order valence-corrected chi connectivity index (χ2v) is 6.89. The van der Waals surface area contributed by atoms with Gasteiger partial charge in [-0.15, -0.1) is 0 Å². The highest BCUT2D eigenvalue weighted by atomic mass is 19.4. The van der Waals surface area contributed by atoms with Gasteiger partial charge in [-0.3, -0.25) is 10.1 Å². The highest BCUT2D eigenvalue weighted by Crippen LogP contribution is 2.21. The van der Waals surface area contributed by atoms with Crippen LogP contribution in [0.5, 0.6) is 0 Å². The van der Waals surface area contributed by atoms with Gasteiger partial charge in [0.2, 0.25) is 0 Å². The highest BCUT2D eigenvalue weighted by Gasteiger charge is 2.33. The molecule has 1 aliphatic heterocycles. The second-order valence-electron chi connectivity index (χ2n) is 6.89. The summed E-state index contributed by atoms with van der Waals surface area (Å²) in [5.74, 6) is -1.43. The van der Waals surface area contributed by atoms with Crippen LogP contribution in [-0.2, 0) is 14.3 Å². The molecular formula is C15H25F3N2O5. The van der Waals surface area contributed by atoms with Crippen molar-refractivity contribution in [3.05, 3.63) is 0 Å². The molecule has 0 saturated carbocycles. The van der Waals surface area contributed by atoms with E-state index in [0.29, 0.717) is 13.0 Å². The summed E-state index contributed by atoms with van der Waals surface area (Å²) in [4.78, 5) is 24.6. The molecule has 1 rings (SSSR count). The largest absolute Gasteiger partial charge is 0.480 e. The first kappa shape index (κ1) is 21.5. The normalized spacial score (nSPS) is 19.8. The number of rotatable bonds is 7. The number of hydrogen-bond acceptors (Lipinski definition) is 5. The number of ether oxygens (including phenoxy) is 2. The van der Waals surface area contributed by atoms with E-state index in [1.165, 1.54) is 4.90 Å². The van der Waals surface area contributed by atoms with Crippen LogP contribution in [0.1, 0.15) is 33.6 Å². The molecule has 1 saturated heterocycles. The van der Waals surface area contributed by atoms with E-state index in [0.717, 1.165) is 6.42 Å². The molecule has 0 radical (unpaired) electrons. The van der Waals surface area contributed by atoms with E-state index in [-0.39, 0.29) is 12.6 Å². The predicted octanol–water partition coefficient (Wildman–Crippen LogP) is 2.01. The Labute approximate surface area is 144 Å². The molecule has 1 amide bonds. The van der Waals surface area contributed by atoms with Gasteiger partial charge in [0.1, 0.15) is 11.6 Å². The highest BCUT2D eigenvalue weighted by molar-refractivity contribution is 5.73. The van der Waals surface area contributed by atoms with E-state index in [1.54, 1.807) is 20.8 Å². The topological polar surface area (TPSA) is 88.1 Å². The molecule has 0 unspecified atom stereocenters. The third kappa shape index (κ3) is 8.39. The van der Waals surface area contributed by atoms with Crippen LogP contribution in [0.25, 0.3) is 0 Å². The van der Waals surface area contributed by atoms with Crippen LogP contribution in [0, 0.1) is 0 Å². The van der Waals surface area contributed by atoms with Crippen molar-refractivity contribution >= 4 is 12.1 Å². The zero-order chi connectivity index (χ0) is 19.3. The minimum atomic E-state index is -4.51. The Morgan fingerprint density at radius 3 is 2.48 bits per heavy atom. The summed E-state index contributed by atoms with van der Waals surface area (Å²) in [6.07, 6.45) is -3.58. The molecular weight excluding hydrogens is 345 g/mol. The van der Waals surface area contributed by atoms with Crippen LogP contribution in [0.15, 0.2) is 0 Å². The van der Waals surface area contributed by atoms with Crippen LogP contribution in [-0.4, -0.2) is 72.2 Å². The number of carbonyl (C=O) groups is 2. The smallest absolute Gasteiger partial charge is 0.410 e. The molecule has 1 aliphatic rings. The molecule has 2 atom stereocenters. The summed E-state index contributed by atoms with van der Waals surface area (Å²) in [5, 5.41) is 10.8. The maximum Gasteiger partial charge on any atom is 0.410 e. The number of nitrogens with zero attached hydrogens (tertiary/aromatic N) is 1. The van der Waals surface area contributed by atoms with Gasteiger partial charge in [-0.05, 0) is 33.6 Å². The molecule has 1 heterocycles. The number of carboxylic acid groups (broad SMARTS) is 1. The summed E-state index contributed by atoms with van der Waals surface area (Å²) in [6, 6.07) is -1.76. The number of aliphatic carboxylic acids is 1. The van der Waals surface area contributed by atoms with Gasteiger partial charge in [0.15, 0.2) is 0 Å². The first-order valence-electron chi connectivity index (χ1n) is 7.99. The molecule has 7 nitrogen and oxygen atoms in total. The number of carboxylic acids is 1. The molecule has 0 spiro atoms. The summed E-state index contributed by atoms with van der Waals surface area (Å²) in [6.45, 7) is 3.93. The minimum absolute atomic E-state index is 0.0384. The van der Waals surface area contributed by atoms with Crippen LogP contribution in [0.3, 0.4) is 0 Å². The van der Waals surface area contributed by atoms with E-state index in [1.807, 2.05) is 5.32 Å². The number of likely N-dealkylation sites (tertiary alicyclic amines) is 1. The van der Waals surface area contributed by atoms with Crippen LogP contribution < -0.4 is 5.32 Å². The van der Waals surface area contributed by atoms with E-state index < -0.39 is 43.0 Å². The molecule has 0 aliphatic carbocycles. The molecule has 10 heteroatoms. The minimum Gasteiger partial charge on any atom is -0.480 e. The maximum atomic E-state index is 12.2. The zero-order valence-electron chi connectivity index (χ0n) is 14.6. The van der Waals surface area contributed by atoms with Gasteiger partial charge in [-0.2, -0.15) is 13.2 Å². The van der Waals surface area contributed by atoms with Gasteiger partial charge < -0.3 is 19.5 Å². The van der Waals surface area contributed by atoms with Crippen molar-refractivity contribution in [2.24, 2.45) is 0 Å². The van der Waals surface area contributed by atoms with Crippen molar-refractivity contribution in [2.45, 2.75) is 57.5 Å². The first-order chi connectivity index (χ1) is 11.4. The molecule has 1 fully saturated rings. The molecule has 0 aromatic heterocycles. The van der Waals surface area contributed by atoms with Crippen LogP contribution in [0.4, 0.5) is 18.0 Å². The van der Waals surface area contributed by atoms with Crippen molar-refractivity contribution < 1.29 is 37.3 Å². The Bertz CT molecular complexity index is 465. The average molecular weight is 370 g/mol. The van der Waals surface area contributed by atoms with Gasteiger partial charge in [0.25, 0.3) is 0 Å². The lowest BCUT2D eigenvalue weighted by Crippen LogP contribution is -2.46. The summed E-state index contributed by atoms with van der Waals surface area (Å²) < 4.78 is 47.1. The number of amides is 1. The number of alkyl halides is 3. The number of nitrogens with one attached hydrogen (secondary N) is 1. The lowest BCUT2D eigenvalue weighted by atomic mass is 10.2. The Morgan fingerprint density at radius 2 is 1.96 bits per heavy atom. The fourth-order valence-electron chi connectivity index (χ4n) is 2.35. The van der Waals surface area contributed by atoms with E-state index in [9.17, 15) is 22.8 Å². The fourth-order valence-corrected chi connectivity index (χ4v) is 2.35. The van der Waals surface area contributed by atoms with Crippen LogP contribution in [0.2, 0.25) is 0 Å². The molecule has 0 bridgehead atoms. The Hall–Kier alpha value is -1.55. The lowest BCUT2D eigenvalue weighted by molar-refractivity contribution is -0.145. The number of hydrogen-bond donors (Lipinski definition) is 2. The number of carbonyl (C=O) groups excluding carboxylic acids is 1. The summed E-state index contributed by atoms with van der Waals surface area (Å²) >= 11 is 0. The van der Waals surface area contributed by atoms with Crippen molar-refractivity contribution in [1.29, 1.82) is 0 Å². The van der Waals surface area contributed by atoms with Gasteiger partial charge in [-0.25, -0.2) is 4.79 Å². The Kier molecular flexibility index (Phi) is 7.48. The molecule has 0 aromatic rings. The Balaban J connectivity index is 2.46. The zero-order valence-corrected chi connectivity index (χ0v) is 14.6. The standard InChI is InChI=1S/C15H25F3N2O5/c1-14(2,3)25-13(23)20-6-4-5-10(20)7-24-8-11(12(21)22)19-9-15(16,17)18/h10-11,19H,4-9H2,1-3H3,(H,21,22)/t10-,11+/m1/s1. The van der Waals surface area contributed by atoms with Crippen molar-refractivity contribution in [3.8, 4) is 0 Å². The van der Waals surface area contributed by atoms with E-state index in [2.05, 4.69) is 0 Å². The first-order valence-corrected chi connectivity index (χ1v) is 7.99. The lowest BCUT2D eigenvalue weighted by Gasteiger charge is -2.28. The average Bonchev–Trinajstić information content (AvgIpc) is 2.87.